The van der Waals surface area contributed by atoms with Crippen LogP contribution in [0.25, 0.3) is 0 Å². The van der Waals surface area contributed by atoms with E-state index in [2.05, 4.69) is 10.3 Å². The van der Waals surface area contributed by atoms with E-state index in [1.54, 1.807) is 0 Å². The molecule has 1 fully saturated rings. The van der Waals surface area contributed by atoms with Gasteiger partial charge in [0, 0.05) is 12.5 Å². The van der Waals surface area contributed by atoms with Crippen LogP contribution in [0.4, 0.5) is 6.01 Å². The van der Waals surface area contributed by atoms with Crippen molar-refractivity contribution in [2.24, 2.45) is 0 Å². The van der Waals surface area contributed by atoms with Crippen LogP contribution in [0.15, 0.2) is 4.42 Å². The van der Waals surface area contributed by atoms with E-state index >= 15 is 0 Å². The van der Waals surface area contributed by atoms with E-state index in [0.717, 1.165) is 31.0 Å². The van der Waals surface area contributed by atoms with Crippen LogP contribution < -0.4 is 11.1 Å². The first-order valence-corrected chi connectivity index (χ1v) is 4.21. The van der Waals surface area contributed by atoms with Gasteiger partial charge in [0.25, 0.3) is 6.01 Å². The molecule has 2 heterocycles. The Morgan fingerprint density at radius 3 is 3.00 bits per heavy atom. The molecule has 1 aliphatic heterocycles. The van der Waals surface area contributed by atoms with Gasteiger partial charge in [-0.05, 0) is 19.9 Å². The van der Waals surface area contributed by atoms with Gasteiger partial charge in [-0.2, -0.15) is 4.98 Å². The zero-order chi connectivity index (χ0) is 8.55. The molecule has 1 aromatic rings. The quantitative estimate of drug-likeness (QED) is 0.644. The molecule has 2 rings (SSSR count). The molecule has 0 saturated carbocycles. The van der Waals surface area contributed by atoms with Crippen molar-refractivity contribution in [1.82, 2.24) is 10.3 Å². The van der Waals surface area contributed by atoms with Crippen molar-refractivity contribution in [2.75, 3.05) is 18.8 Å². The molecular weight excluding hydrogens is 154 g/mol. The highest BCUT2D eigenvalue weighted by atomic mass is 16.4. The molecule has 0 aliphatic carbocycles. The van der Waals surface area contributed by atoms with E-state index < -0.39 is 0 Å². The van der Waals surface area contributed by atoms with Crippen LogP contribution in [-0.2, 0) is 0 Å². The molecule has 66 valence electrons. The first-order chi connectivity index (χ1) is 5.77. The first-order valence-electron chi connectivity index (χ1n) is 4.21. The third-order valence-electron chi connectivity index (χ3n) is 2.30. The molecule has 3 N–H and O–H groups in total. The highest BCUT2D eigenvalue weighted by molar-refractivity contribution is 5.23. The molecule has 1 aromatic heterocycles. The summed E-state index contributed by atoms with van der Waals surface area (Å²) in [7, 11) is 0. The number of nitrogens with zero attached hydrogens (tertiary/aromatic N) is 1. The van der Waals surface area contributed by atoms with Gasteiger partial charge in [0.2, 0.25) is 0 Å². The van der Waals surface area contributed by atoms with Crippen LogP contribution in [0.3, 0.4) is 0 Å². The van der Waals surface area contributed by atoms with Crippen molar-refractivity contribution in [3.8, 4) is 0 Å². The summed E-state index contributed by atoms with van der Waals surface area (Å²) in [4.78, 5) is 4.16. The lowest BCUT2D eigenvalue weighted by Gasteiger charge is -2.02. The Kier molecular flexibility index (Phi) is 1.77. The van der Waals surface area contributed by atoms with Crippen molar-refractivity contribution in [3.63, 3.8) is 0 Å². The summed E-state index contributed by atoms with van der Waals surface area (Å²) in [6.07, 6.45) is 1.13. The zero-order valence-corrected chi connectivity index (χ0v) is 7.13. The van der Waals surface area contributed by atoms with Crippen LogP contribution in [0.2, 0.25) is 0 Å². The van der Waals surface area contributed by atoms with Crippen LogP contribution >= 0.6 is 0 Å². The Bertz CT molecular complexity index is 276. The summed E-state index contributed by atoms with van der Waals surface area (Å²) < 4.78 is 5.17. The minimum Gasteiger partial charge on any atom is -0.429 e. The molecule has 12 heavy (non-hydrogen) atoms. The summed E-state index contributed by atoms with van der Waals surface area (Å²) in [5.74, 6) is 1.35. The van der Waals surface area contributed by atoms with Gasteiger partial charge in [0.05, 0.1) is 5.69 Å². The second kappa shape index (κ2) is 2.79. The lowest BCUT2D eigenvalue weighted by molar-refractivity contribution is 0.540. The van der Waals surface area contributed by atoms with E-state index in [4.69, 9.17) is 10.2 Å². The Hall–Kier alpha value is -1.03. The number of anilines is 1. The fraction of sp³-hybridized carbons (Fsp3) is 0.625. The molecule has 0 bridgehead atoms. The number of hydrogen-bond donors (Lipinski definition) is 2. The molecule has 1 unspecified atom stereocenters. The minimum absolute atomic E-state index is 0.286. The highest BCUT2D eigenvalue weighted by Gasteiger charge is 2.22. The average molecular weight is 167 g/mol. The highest BCUT2D eigenvalue weighted by Crippen LogP contribution is 2.25. The van der Waals surface area contributed by atoms with E-state index in [1.165, 1.54) is 0 Å². The number of nitrogen functional groups attached to an aromatic ring is 1. The number of oxazole rings is 1. The maximum atomic E-state index is 5.45. The van der Waals surface area contributed by atoms with Gasteiger partial charge < -0.3 is 15.5 Å². The standard InChI is InChI=1S/C8H13N3O/c1-5-7(11-8(9)12-5)6-2-3-10-4-6/h6,10H,2-4H2,1H3,(H2,9,11). The van der Waals surface area contributed by atoms with Crippen molar-refractivity contribution in [2.45, 2.75) is 19.3 Å². The van der Waals surface area contributed by atoms with Crippen molar-refractivity contribution < 1.29 is 4.42 Å². The van der Waals surface area contributed by atoms with Gasteiger partial charge >= 0.3 is 0 Å². The summed E-state index contributed by atoms with van der Waals surface area (Å²) in [6.45, 7) is 3.97. The molecule has 1 atom stereocenters. The third-order valence-corrected chi connectivity index (χ3v) is 2.30. The fourth-order valence-corrected chi connectivity index (χ4v) is 1.70. The van der Waals surface area contributed by atoms with Gasteiger partial charge in [-0.3, -0.25) is 0 Å². The van der Waals surface area contributed by atoms with Crippen LogP contribution in [0.5, 0.6) is 0 Å². The number of nitrogens with one attached hydrogen (secondary N) is 1. The number of nitrogens with two attached hydrogens (primary N) is 1. The van der Waals surface area contributed by atoms with Crippen LogP contribution in [0, 0.1) is 6.92 Å². The molecule has 1 saturated heterocycles. The topological polar surface area (TPSA) is 64.1 Å². The molecular formula is C8H13N3O. The Morgan fingerprint density at radius 2 is 2.50 bits per heavy atom. The van der Waals surface area contributed by atoms with Crippen LogP contribution in [0.1, 0.15) is 23.8 Å². The lowest BCUT2D eigenvalue weighted by atomic mass is 10.0. The average Bonchev–Trinajstić information content (AvgIpc) is 2.58. The van der Waals surface area contributed by atoms with Crippen molar-refractivity contribution in [3.05, 3.63) is 11.5 Å². The minimum atomic E-state index is 0.286. The third kappa shape index (κ3) is 1.18. The smallest absolute Gasteiger partial charge is 0.292 e. The predicted molar refractivity (Wildman–Crippen MR) is 45.9 cm³/mol. The second-order valence-electron chi connectivity index (χ2n) is 3.18. The van der Waals surface area contributed by atoms with Crippen molar-refractivity contribution >= 4 is 6.01 Å². The summed E-state index contributed by atoms with van der Waals surface area (Å²) in [6, 6.07) is 0.286. The van der Waals surface area contributed by atoms with E-state index in [1.807, 2.05) is 6.92 Å². The monoisotopic (exact) mass is 167 g/mol. The molecule has 0 radical (unpaired) electrons. The number of aromatic nitrogens is 1. The maximum Gasteiger partial charge on any atom is 0.292 e. The van der Waals surface area contributed by atoms with E-state index in [9.17, 15) is 0 Å². The number of rotatable bonds is 1. The number of aryl methyl sites for hydroxylation is 1. The first kappa shape index (κ1) is 7.61. The molecule has 4 heteroatoms. The molecule has 0 aromatic carbocycles. The summed E-state index contributed by atoms with van der Waals surface area (Å²) >= 11 is 0. The Balaban J connectivity index is 2.25. The van der Waals surface area contributed by atoms with Crippen molar-refractivity contribution in [1.29, 1.82) is 0 Å². The van der Waals surface area contributed by atoms with E-state index in [0.29, 0.717) is 5.92 Å². The van der Waals surface area contributed by atoms with Gasteiger partial charge in [-0.15, -0.1) is 0 Å². The van der Waals surface area contributed by atoms with Crippen LogP contribution in [-0.4, -0.2) is 18.1 Å². The molecule has 1 aliphatic rings. The Morgan fingerprint density at radius 1 is 1.67 bits per heavy atom. The molecule has 0 amide bonds. The largest absolute Gasteiger partial charge is 0.429 e. The fourth-order valence-electron chi connectivity index (χ4n) is 1.70. The van der Waals surface area contributed by atoms with Gasteiger partial charge in [0.1, 0.15) is 5.76 Å². The van der Waals surface area contributed by atoms with Gasteiger partial charge in [-0.25, -0.2) is 0 Å². The van der Waals surface area contributed by atoms with Gasteiger partial charge in [0.15, 0.2) is 0 Å². The molecule has 0 spiro atoms. The summed E-state index contributed by atoms with van der Waals surface area (Å²) in [5.41, 5.74) is 6.47. The SMILES string of the molecule is Cc1oc(N)nc1C1CCNC1. The van der Waals surface area contributed by atoms with Gasteiger partial charge in [-0.1, -0.05) is 0 Å². The normalized spacial score (nSPS) is 23.2. The molecule has 4 nitrogen and oxygen atoms in total. The maximum absolute atomic E-state index is 5.45. The predicted octanol–water partition coefficient (Wildman–Crippen LogP) is 0.642. The second-order valence-corrected chi connectivity index (χ2v) is 3.18. The summed E-state index contributed by atoms with van der Waals surface area (Å²) in [5, 5.41) is 3.28. The lowest BCUT2D eigenvalue weighted by Crippen LogP contribution is -2.08. The Labute approximate surface area is 71.2 Å². The zero-order valence-electron chi connectivity index (χ0n) is 7.13. The number of hydrogen-bond acceptors (Lipinski definition) is 4. The van der Waals surface area contributed by atoms with E-state index in [-0.39, 0.29) is 6.01 Å².